The van der Waals surface area contributed by atoms with Crippen molar-refractivity contribution >= 4 is 23.5 Å². The number of anilines is 1. The van der Waals surface area contributed by atoms with Crippen molar-refractivity contribution in [3.8, 4) is 0 Å². The second-order valence-corrected chi connectivity index (χ2v) is 6.80. The molecule has 0 saturated carbocycles. The molecule has 1 heterocycles. The molecule has 0 radical (unpaired) electrons. The second-order valence-electron chi connectivity index (χ2n) is 6.80. The lowest BCUT2D eigenvalue weighted by Crippen LogP contribution is -2.28. The molecule has 1 aliphatic rings. The van der Waals surface area contributed by atoms with Crippen LogP contribution in [0.4, 0.5) is 10.1 Å². The van der Waals surface area contributed by atoms with Crippen molar-refractivity contribution in [3.05, 3.63) is 65.5 Å². The van der Waals surface area contributed by atoms with E-state index in [1.165, 1.54) is 18.2 Å². The highest BCUT2D eigenvalue weighted by Crippen LogP contribution is 2.21. The van der Waals surface area contributed by atoms with Gasteiger partial charge in [0.05, 0.1) is 11.6 Å². The number of hydrogen-bond acceptors (Lipinski definition) is 4. The Balaban J connectivity index is 1.48. The van der Waals surface area contributed by atoms with Gasteiger partial charge >= 0.3 is 5.97 Å². The summed E-state index contributed by atoms with van der Waals surface area (Å²) >= 11 is 0. The van der Waals surface area contributed by atoms with Crippen LogP contribution >= 0.6 is 0 Å². The van der Waals surface area contributed by atoms with Gasteiger partial charge < -0.3 is 15.0 Å². The Labute approximate surface area is 162 Å². The zero-order chi connectivity index (χ0) is 20.1. The first-order valence-electron chi connectivity index (χ1n) is 8.96. The number of carbonyl (C=O) groups is 3. The summed E-state index contributed by atoms with van der Waals surface area (Å²) in [5.41, 5.74) is 2.13. The molecule has 2 amide bonds. The predicted molar refractivity (Wildman–Crippen MR) is 101 cm³/mol. The number of aryl methyl sites for hydroxylation is 1. The summed E-state index contributed by atoms with van der Waals surface area (Å²) in [6.45, 7) is 2.13. The Kier molecular flexibility index (Phi) is 6.03. The summed E-state index contributed by atoms with van der Waals surface area (Å²) in [4.78, 5) is 37.8. The third-order valence-electron chi connectivity index (χ3n) is 4.54. The minimum atomic E-state index is -0.640. The average molecular weight is 384 g/mol. The lowest BCUT2D eigenvalue weighted by molar-refractivity contribution is -0.151. The maximum absolute atomic E-state index is 13.5. The molecule has 2 aromatic carbocycles. The fourth-order valence-electron chi connectivity index (χ4n) is 3.00. The number of esters is 1. The number of benzene rings is 2. The van der Waals surface area contributed by atoms with E-state index in [4.69, 9.17) is 4.74 Å². The zero-order valence-corrected chi connectivity index (χ0v) is 15.5. The zero-order valence-electron chi connectivity index (χ0n) is 15.5. The van der Waals surface area contributed by atoms with Gasteiger partial charge in [0.2, 0.25) is 5.91 Å². The molecule has 3 rings (SSSR count). The van der Waals surface area contributed by atoms with E-state index in [1.807, 2.05) is 31.2 Å². The fraction of sp³-hybridized carbons (Fsp3) is 0.286. The molecule has 0 unspecified atom stereocenters. The monoisotopic (exact) mass is 384 g/mol. The molecular formula is C21H21FN2O4. The van der Waals surface area contributed by atoms with Crippen LogP contribution in [0, 0.1) is 18.7 Å². The third-order valence-corrected chi connectivity index (χ3v) is 4.54. The summed E-state index contributed by atoms with van der Waals surface area (Å²) in [6, 6.07) is 13.5. The van der Waals surface area contributed by atoms with E-state index >= 15 is 0 Å². The van der Waals surface area contributed by atoms with Gasteiger partial charge in [-0.2, -0.15) is 0 Å². The number of ether oxygens (including phenoxy) is 1. The molecule has 0 aliphatic carbocycles. The van der Waals surface area contributed by atoms with Gasteiger partial charge in [0, 0.05) is 19.5 Å². The van der Waals surface area contributed by atoms with Crippen LogP contribution in [0.15, 0.2) is 48.5 Å². The molecule has 2 aromatic rings. The number of para-hydroxylation sites is 1. The van der Waals surface area contributed by atoms with Gasteiger partial charge in [-0.1, -0.05) is 42.0 Å². The predicted octanol–water partition coefficient (Wildman–Crippen LogP) is 2.66. The fourth-order valence-corrected chi connectivity index (χ4v) is 3.00. The standard InChI is InChI=1S/C21H21FN2O4/c1-14-6-8-15(9-7-14)11-24-12-16(10-20(24)26)21(27)28-13-19(25)23-18-5-3-2-4-17(18)22/h2-9,16H,10-13H2,1H3,(H,23,25)/t16-/m1/s1. The topological polar surface area (TPSA) is 75.7 Å². The van der Waals surface area contributed by atoms with E-state index in [0.29, 0.717) is 6.54 Å². The highest BCUT2D eigenvalue weighted by Gasteiger charge is 2.35. The number of likely N-dealkylation sites (tertiary alicyclic amines) is 1. The minimum absolute atomic E-state index is 0.0175. The molecule has 0 aromatic heterocycles. The van der Waals surface area contributed by atoms with Crippen LogP contribution in [0.1, 0.15) is 17.5 Å². The van der Waals surface area contributed by atoms with Gasteiger partial charge in [-0.05, 0) is 24.6 Å². The van der Waals surface area contributed by atoms with E-state index in [2.05, 4.69) is 5.32 Å². The number of halogens is 1. The maximum Gasteiger partial charge on any atom is 0.311 e. The molecule has 0 bridgehead atoms. The molecule has 1 aliphatic heterocycles. The number of amides is 2. The van der Waals surface area contributed by atoms with Crippen molar-refractivity contribution in [3.63, 3.8) is 0 Å². The largest absolute Gasteiger partial charge is 0.455 e. The van der Waals surface area contributed by atoms with Crippen molar-refractivity contribution < 1.29 is 23.5 Å². The number of nitrogens with zero attached hydrogens (tertiary/aromatic N) is 1. The van der Waals surface area contributed by atoms with Crippen LogP contribution < -0.4 is 5.32 Å². The quantitative estimate of drug-likeness (QED) is 0.777. The minimum Gasteiger partial charge on any atom is -0.455 e. The molecule has 146 valence electrons. The van der Waals surface area contributed by atoms with Crippen LogP contribution in [-0.4, -0.2) is 35.8 Å². The van der Waals surface area contributed by atoms with Crippen LogP contribution in [0.3, 0.4) is 0 Å². The molecular weight excluding hydrogens is 363 g/mol. The first-order chi connectivity index (χ1) is 13.4. The maximum atomic E-state index is 13.5. The summed E-state index contributed by atoms with van der Waals surface area (Å²) in [6.07, 6.45) is 0.0552. The van der Waals surface area contributed by atoms with E-state index in [0.717, 1.165) is 11.1 Å². The van der Waals surface area contributed by atoms with E-state index in [-0.39, 0.29) is 24.6 Å². The van der Waals surface area contributed by atoms with E-state index in [1.54, 1.807) is 11.0 Å². The van der Waals surface area contributed by atoms with Crippen LogP contribution in [-0.2, 0) is 25.7 Å². The Morgan fingerprint density at radius 1 is 1.18 bits per heavy atom. The van der Waals surface area contributed by atoms with Crippen LogP contribution in [0.25, 0.3) is 0 Å². The Hall–Kier alpha value is -3.22. The van der Waals surface area contributed by atoms with Crippen molar-refractivity contribution in [1.29, 1.82) is 0 Å². The van der Waals surface area contributed by atoms with Crippen molar-refractivity contribution in [1.82, 2.24) is 4.90 Å². The lowest BCUT2D eigenvalue weighted by atomic mass is 10.1. The Morgan fingerprint density at radius 2 is 1.89 bits per heavy atom. The summed E-state index contributed by atoms with van der Waals surface area (Å²) < 4.78 is 18.5. The van der Waals surface area contributed by atoms with Crippen molar-refractivity contribution in [2.24, 2.45) is 5.92 Å². The summed E-state index contributed by atoms with van der Waals surface area (Å²) in [5.74, 6) is -2.56. The SMILES string of the molecule is Cc1ccc(CN2C[C@H](C(=O)OCC(=O)Nc3ccccc3F)CC2=O)cc1. The van der Waals surface area contributed by atoms with E-state index < -0.39 is 30.2 Å². The van der Waals surface area contributed by atoms with Gasteiger partial charge in [0.1, 0.15) is 5.82 Å². The molecule has 1 atom stereocenters. The molecule has 6 nitrogen and oxygen atoms in total. The Morgan fingerprint density at radius 3 is 2.61 bits per heavy atom. The molecule has 1 N–H and O–H groups in total. The molecule has 1 saturated heterocycles. The van der Waals surface area contributed by atoms with Gasteiger partial charge in [0.15, 0.2) is 6.61 Å². The van der Waals surface area contributed by atoms with Crippen molar-refractivity contribution in [2.45, 2.75) is 19.9 Å². The number of hydrogen-bond donors (Lipinski definition) is 1. The summed E-state index contributed by atoms with van der Waals surface area (Å²) in [7, 11) is 0. The molecule has 7 heteroatoms. The van der Waals surface area contributed by atoms with E-state index in [9.17, 15) is 18.8 Å². The highest BCUT2D eigenvalue weighted by molar-refractivity contribution is 5.93. The molecule has 28 heavy (non-hydrogen) atoms. The smallest absolute Gasteiger partial charge is 0.311 e. The van der Waals surface area contributed by atoms with Gasteiger partial charge in [-0.3, -0.25) is 14.4 Å². The number of carbonyl (C=O) groups excluding carboxylic acids is 3. The Bertz CT molecular complexity index is 882. The number of rotatable bonds is 6. The summed E-state index contributed by atoms with van der Waals surface area (Å²) in [5, 5.41) is 2.34. The van der Waals surface area contributed by atoms with Gasteiger partial charge in [-0.15, -0.1) is 0 Å². The first-order valence-corrected chi connectivity index (χ1v) is 8.96. The highest BCUT2D eigenvalue weighted by atomic mass is 19.1. The second kappa shape index (κ2) is 8.65. The third kappa shape index (κ3) is 4.94. The normalized spacial score (nSPS) is 16.1. The first kappa shape index (κ1) is 19.5. The van der Waals surface area contributed by atoms with Crippen LogP contribution in [0.5, 0.6) is 0 Å². The average Bonchev–Trinajstić information content (AvgIpc) is 3.04. The van der Waals surface area contributed by atoms with Gasteiger partial charge in [-0.25, -0.2) is 4.39 Å². The van der Waals surface area contributed by atoms with Gasteiger partial charge in [0.25, 0.3) is 5.91 Å². The molecule has 1 fully saturated rings. The van der Waals surface area contributed by atoms with Crippen LogP contribution in [0.2, 0.25) is 0 Å². The van der Waals surface area contributed by atoms with Crippen molar-refractivity contribution in [2.75, 3.05) is 18.5 Å². The lowest BCUT2D eigenvalue weighted by Gasteiger charge is -2.16. The number of nitrogens with one attached hydrogen (secondary N) is 1. The molecule has 0 spiro atoms.